The first-order valence-electron chi connectivity index (χ1n) is 9.10. The fourth-order valence-corrected chi connectivity index (χ4v) is 2.82. The number of phenolic OH excluding ortho intramolecular Hbond substituents is 2. The maximum absolute atomic E-state index is 13.3. The minimum Gasteiger partial charge on any atom is -0.508 e. The molecule has 0 aliphatic rings. The molecule has 0 atom stereocenters. The lowest BCUT2D eigenvalue weighted by atomic mass is 10.1. The van der Waals surface area contributed by atoms with Crippen LogP contribution in [0.15, 0.2) is 84.0 Å². The molecule has 0 spiro atoms. The van der Waals surface area contributed by atoms with Gasteiger partial charge in [0.25, 0.3) is 0 Å². The van der Waals surface area contributed by atoms with Crippen molar-refractivity contribution >= 4 is 12.2 Å². The van der Waals surface area contributed by atoms with E-state index in [1.807, 2.05) is 36.4 Å². The Balaban J connectivity index is 1.68. The summed E-state index contributed by atoms with van der Waals surface area (Å²) in [5.74, 6) is -0.232. The van der Waals surface area contributed by atoms with E-state index in [0.29, 0.717) is 17.0 Å². The van der Waals surface area contributed by atoms with Gasteiger partial charge in [0.2, 0.25) is 5.95 Å². The van der Waals surface area contributed by atoms with Crippen molar-refractivity contribution in [3.05, 3.63) is 90.2 Å². The van der Waals surface area contributed by atoms with Gasteiger partial charge >= 0.3 is 0 Å². The normalized spacial score (nSPS) is 11.0. The molecule has 1 aromatic heterocycles. The van der Waals surface area contributed by atoms with Gasteiger partial charge in [0.05, 0.1) is 17.6 Å². The molecule has 0 saturated heterocycles. The summed E-state index contributed by atoms with van der Waals surface area (Å²) in [6, 6.07) is 21.7. The molecular formula is C23H17FN4O2. The van der Waals surface area contributed by atoms with Crippen LogP contribution in [0.1, 0.15) is 5.56 Å². The van der Waals surface area contributed by atoms with E-state index in [1.54, 1.807) is 12.1 Å². The molecule has 3 N–H and O–H groups in total. The van der Waals surface area contributed by atoms with Gasteiger partial charge < -0.3 is 10.2 Å². The van der Waals surface area contributed by atoms with Crippen molar-refractivity contribution in [2.45, 2.75) is 0 Å². The van der Waals surface area contributed by atoms with Crippen molar-refractivity contribution in [2.24, 2.45) is 5.10 Å². The number of nitrogens with zero attached hydrogens (tertiary/aromatic N) is 3. The monoisotopic (exact) mass is 400 g/mol. The van der Waals surface area contributed by atoms with Gasteiger partial charge in [-0.25, -0.2) is 19.8 Å². The zero-order valence-electron chi connectivity index (χ0n) is 15.7. The largest absolute Gasteiger partial charge is 0.508 e. The summed E-state index contributed by atoms with van der Waals surface area (Å²) in [7, 11) is 0. The molecule has 0 amide bonds. The molecule has 0 aliphatic heterocycles. The zero-order chi connectivity index (χ0) is 20.9. The Morgan fingerprint density at radius 3 is 2.13 bits per heavy atom. The second-order valence-electron chi connectivity index (χ2n) is 6.45. The number of benzene rings is 3. The van der Waals surface area contributed by atoms with E-state index in [9.17, 15) is 14.6 Å². The molecule has 3 aromatic carbocycles. The highest BCUT2D eigenvalue weighted by molar-refractivity contribution is 5.84. The van der Waals surface area contributed by atoms with Crippen LogP contribution in [0.5, 0.6) is 11.5 Å². The van der Waals surface area contributed by atoms with Crippen molar-refractivity contribution in [1.82, 2.24) is 9.97 Å². The van der Waals surface area contributed by atoms with Crippen LogP contribution >= 0.6 is 0 Å². The molecule has 1 heterocycles. The minimum absolute atomic E-state index is 0.0413. The highest BCUT2D eigenvalue weighted by atomic mass is 19.1. The Morgan fingerprint density at radius 2 is 1.47 bits per heavy atom. The van der Waals surface area contributed by atoms with E-state index in [1.165, 1.54) is 36.5 Å². The lowest BCUT2D eigenvalue weighted by Crippen LogP contribution is -2.00. The van der Waals surface area contributed by atoms with Crippen molar-refractivity contribution in [3.63, 3.8) is 0 Å². The van der Waals surface area contributed by atoms with E-state index in [2.05, 4.69) is 20.5 Å². The minimum atomic E-state index is -0.326. The van der Waals surface area contributed by atoms with Crippen molar-refractivity contribution in [1.29, 1.82) is 0 Å². The van der Waals surface area contributed by atoms with Crippen molar-refractivity contribution in [3.8, 4) is 34.0 Å². The number of aromatic nitrogens is 2. The summed E-state index contributed by atoms with van der Waals surface area (Å²) in [6.07, 6.45) is 1.39. The Bertz CT molecular complexity index is 1200. The SMILES string of the molecule is Oc1ccc(/C=N\Nc2nc(-c3ccccc3)cc(-c3ccc(F)cc3)n2)c(O)c1. The van der Waals surface area contributed by atoms with Crippen molar-refractivity contribution in [2.75, 3.05) is 5.43 Å². The maximum atomic E-state index is 13.3. The molecule has 30 heavy (non-hydrogen) atoms. The fourth-order valence-electron chi connectivity index (χ4n) is 2.82. The van der Waals surface area contributed by atoms with Gasteiger partial charge in [-0.05, 0) is 42.5 Å². The lowest BCUT2D eigenvalue weighted by Gasteiger charge is -2.08. The van der Waals surface area contributed by atoms with Crippen LogP contribution in [0.2, 0.25) is 0 Å². The average molecular weight is 400 g/mol. The molecule has 0 fully saturated rings. The molecule has 0 bridgehead atoms. The van der Waals surface area contributed by atoms with Crippen LogP contribution in [0, 0.1) is 5.82 Å². The van der Waals surface area contributed by atoms with Crippen LogP contribution in [0.4, 0.5) is 10.3 Å². The molecule has 7 heteroatoms. The summed E-state index contributed by atoms with van der Waals surface area (Å²) in [5.41, 5.74) is 6.09. The van der Waals surface area contributed by atoms with Crippen LogP contribution in [0.3, 0.4) is 0 Å². The molecule has 0 saturated carbocycles. The predicted molar refractivity (Wildman–Crippen MR) is 114 cm³/mol. The average Bonchev–Trinajstić information content (AvgIpc) is 2.76. The molecular weight excluding hydrogens is 383 g/mol. The Hall–Kier alpha value is -4.26. The zero-order valence-corrected chi connectivity index (χ0v) is 15.7. The summed E-state index contributed by atoms with van der Waals surface area (Å²) in [6.45, 7) is 0. The quantitative estimate of drug-likeness (QED) is 0.330. The molecule has 0 aliphatic carbocycles. The summed E-state index contributed by atoms with van der Waals surface area (Å²) in [4.78, 5) is 8.97. The van der Waals surface area contributed by atoms with Crippen LogP contribution in [0.25, 0.3) is 22.5 Å². The number of phenols is 2. The molecule has 6 nitrogen and oxygen atoms in total. The number of aromatic hydroxyl groups is 2. The van der Waals surface area contributed by atoms with Gasteiger partial charge in [-0.2, -0.15) is 5.10 Å². The Labute approximate surface area is 172 Å². The van der Waals surface area contributed by atoms with E-state index in [-0.39, 0.29) is 23.3 Å². The molecule has 4 rings (SSSR count). The third kappa shape index (κ3) is 4.41. The first-order chi connectivity index (χ1) is 14.6. The fraction of sp³-hybridized carbons (Fsp3) is 0. The second kappa shape index (κ2) is 8.40. The third-order valence-electron chi connectivity index (χ3n) is 4.32. The highest BCUT2D eigenvalue weighted by Gasteiger charge is 2.09. The van der Waals surface area contributed by atoms with Gasteiger partial charge in [-0.3, -0.25) is 0 Å². The number of hydrogen-bond acceptors (Lipinski definition) is 6. The van der Waals surface area contributed by atoms with Gasteiger partial charge in [0, 0.05) is 22.8 Å². The lowest BCUT2D eigenvalue weighted by molar-refractivity contribution is 0.450. The second-order valence-corrected chi connectivity index (χ2v) is 6.45. The molecule has 148 valence electrons. The summed E-state index contributed by atoms with van der Waals surface area (Å²) >= 11 is 0. The first-order valence-corrected chi connectivity index (χ1v) is 9.10. The standard InChI is InChI=1S/C23H17FN4O2/c24-18-9-6-16(7-10-18)21-13-20(15-4-2-1-3-5-15)26-23(27-21)28-25-14-17-8-11-19(29)12-22(17)30/h1-14,29-30H,(H,26,27,28)/b25-14-. The molecule has 0 unspecified atom stereocenters. The smallest absolute Gasteiger partial charge is 0.244 e. The topological polar surface area (TPSA) is 90.6 Å². The van der Waals surface area contributed by atoms with E-state index >= 15 is 0 Å². The highest BCUT2D eigenvalue weighted by Crippen LogP contribution is 2.25. The van der Waals surface area contributed by atoms with Gasteiger partial charge in [-0.1, -0.05) is 30.3 Å². The summed E-state index contributed by atoms with van der Waals surface area (Å²) in [5, 5.41) is 23.3. The number of nitrogens with one attached hydrogen (secondary N) is 1. The molecule has 0 radical (unpaired) electrons. The first kappa shape index (κ1) is 19.1. The Kier molecular flexibility index (Phi) is 5.34. The van der Waals surface area contributed by atoms with Gasteiger partial charge in [0.1, 0.15) is 17.3 Å². The van der Waals surface area contributed by atoms with E-state index in [4.69, 9.17) is 0 Å². The number of hydrogen-bond donors (Lipinski definition) is 3. The number of anilines is 1. The molecule has 4 aromatic rings. The summed E-state index contributed by atoms with van der Waals surface area (Å²) < 4.78 is 13.3. The Morgan fingerprint density at radius 1 is 0.800 bits per heavy atom. The van der Waals surface area contributed by atoms with Crippen LogP contribution < -0.4 is 5.43 Å². The van der Waals surface area contributed by atoms with Gasteiger partial charge in [0.15, 0.2) is 0 Å². The number of rotatable bonds is 5. The van der Waals surface area contributed by atoms with Crippen molar-refractivity contribution < 1.29 is 14.6 Å². The van der Waals surface area contributed by atoms with Crippen LogP contribution in [-0.2, 0) is 0 Å². The van der Waals surface area contributed by atoms with E-state index in [0.717, 1.165) is 11.1 Å². The number of halogens is 1. The maximum Gasteiger partial charge on any atom is 0.244 e. The van der Waals surface area contributed by atoms with E-state index < -0.39 is 0 Å². The third-order valence-corrected chi connectivity index (χ3v) is 4.32. The predicted octanol–water partition coefficient (Wildman–Crippen LogP) is 4.81. The van der Waals surface area contributed by atoms with Gasteiger partial charge in [-0.15, -0.1) is 0 Å². The van der Waals surface area contributed by atoms with Crippen LogP contribution in [-0.4, -0.2) is 26.4 Å². The number of hydrazone groups is 1.